The Hall–Kier alpha value is -3.41. The maximum Gasteiger partial charge on any atom is 0.121 e. The fourth-order valence-corrected chi connectivity index (χ4v) is 3.92. The van der Waals surface area contributed by atoms with E-state index in [4.69, 9.17) is 4.74 Å². The zero-order valence-electron chi connectivity index (χ0n) is 15.2. The van der Waals surface area contributed by atoms with Crippen LogP contribution in [0, 0.1) is 6.92 Å². The molecular weight excluding hydrogens is 338 g/mol. The molecule has 27 heavy (non-hydrogen) atoms. The highest BCUT2D eigenvalue weighted by Gasteiger charge is 2.31. The number of rotatable bonds is 3. The van der Waals surface area contributed by atoms with E-state index in [0.29, 0.717) is 0 Å². The predicted octanol–water partition coefficient (Wildman–Crippen LogP) is 3.46. The Morgan fingerprint density at radius 3 is 2.74 bits per heavy atom. The Bertz CT molecular complexity index is 1110. The van der Waals surface area contributed by atoms with Gasteiger partial charge in [-0.25, -0.2) is 9.67 Å². The maximum atomic E-state index is 5.44. The number of hydrogen-bond donors (Lipinski definition) is 0. The van der Waals surface area contributed by atoms with Crippen molar-refractivity contribution < 1.29 is 4.74 Å². The monoisotopic (exact) mass is 357 g/mol. The molecule has 0 saturated heterocycles. The molecule has 0 saturated carbocycles. The van der Waals surface area contributed by atoms with Gasteiger partial charge in [-0.05, 0) is 31.0 Å². The lowest BCUT2D eigenvalue weighted by molar-refractivity contribution is 0.414. The van der Waals surface area contributed by atoms with Crippen LogP contribution in [0.15, 0.2) is 61.1 Å². The van der Waals surface area contributed by atoms with Crippen molar-refractivity contribution in [2.45, 2.75) is 19.3 Å². The normalized spacial score (nSPS) is 14.8. The fraction of sp³-hybridized carbons (Fsp3) is 0.190. The van der Waals surface area contributed by atoms with Gasteiger partial charge in [0.1, 0.15) is 5.75 Å². The number of imidazole rings is 1. The highest BCUT2D eigenvalue weighted by atomic mass is 16.5. The SMILES string of the molecule is COc1ccc2c(c1)-n1nncc1C(Cc1ccccc1)c1c(C)ncn1-2. The summed E-state index contributed by atoms with van der Waals surface area (Å²) in [6, 6.07) is 16.5. The van der Waals surface area contributed by atoms with E-state index in [1.165, 1.54) is 11.3 Å². The van der Waals surface area contributed by atoms with Gasteiger partial charge in [0.25, 0.3) is 0 Å². The Balaban J connectivity index is 1.77. The van der Waals surface area contributed by atoms with Gasteiger partial charge in [0.2, 0.25) is 0 Å². The molecule has 0 fully saturated rings. The second-order valence-corrected chi connectivity index (χ2v) is 6.75. The van der Waals surface area contributed by atoms with Crippen LogP contribution in [-0.4, -0.2) is 31.7 Å². The van der Waals surface area contributed by atoms with Crippen LogP contribution >= 0.6 is 0 Å². The standard InChI is InChI=1S/C21H19N5O/c1-14-21-17(10-15-6-4-3-5-7-15)20-12-23-24-26(20)19-11-16(27-2)8-9-18(19)25(21)13-22-14/h3-9,11-13,17H,10H2,1-2H3. The number of ether oxygens (including phenoxy) is 1. The van der Waals surface area contributed by atoms with Crippen molar-refractivity contribution >= 4 is 0 Å². The Labute approximate surface area is 157 Å². The lowest BCUT2D eigenvalue weighted by atomic mass is 9.92. The first-order valence-electron chi connectivity index (χ1n) is 8.93. The van der Waals surface area contributed by atoms with Gasteiger partial charge in [0.05, 0.1) is 48.1 Å². The van der Waals surface area contributed by atoms with Gasteiger partial charge < -0.3 is 9.30 Å². The van der Waals surface area contributed by atoms with Crippen LogP contribution in [0.3, 0.4) is 0 Å². The molecule has 2 aromatic heterocycles. The van der Waals surface area contributed by atoms with Crippen molar-refractivity contribution in [3.8, 4) is 17.1 Å². The highest BCUT2D eigenvalue weighted by molar-refractivity contribution is 5.59. The molecule has 6 heteroatoms. The summed E-state index contributed by atoms with van der Waals surface area (Å²) in [5.74, 6) is 0.887. The smallest absolute Gasteiger partial charge is 0.121 e. The van der Waals surface area contributed by atoms with E-state index in [-0.39, 0.29) is 5.92 Å². The molecule has 4 aromatic rings. The Morgan fingerprint density at radius 2 is 1.93 bits per heavy atom. The second-order valence-electron chi connectivity index (χ2n) is 6.75. The van der Waals surface area contributed by atoms with Gasteiger partial charge >= 0.3 is 0 Å². The molecule has 3 heterocycles. The third-order valence-electron chi connectivity index (χ3n) is 5.21. The largest absolute Gasteiger partial charge is 0.497 e. The van der Waals surface area contributed by atoms with Gasteiger partial charge in [-0.2, -0.15) is 0 Å². The Kier molecular flexibility index (Phi) is 3.57. The molecule has 0 spiro atoms. The summed E-state index contributed by atoms with van der Waals surface area (Å²) in [5.41, 5.74) is 6.48. The molecule has 1 aliphatic heterocycles. The van der Waals surface area contributed by atoms with Crippen LogP contribution in [0.5, 0.6) is 5.75 Å². The van der Waals surface area contributed by atoms with Crippen LogP contribution in [-0.2, 0) is 6.42 Å². The minimum Gasteiger partial charge on any atom is -0.497 e. The first-order chi connectivity index (χ1) is 13.3. The van der Waals surface area contributed by atoms with Crippen LogP contribution in [0.2, 0.25) is 0 Å². The number of methoxy groups -OCH3 is 1. The van der Waals surface area contributed by atoms with E-state index in [0.717, 1.165) is 34.9 Å². The summed E-state index contributed by atoms with van der Waals surface area (Å²) in [7, 11) is 1.67. The summed E-state index contributed by atoms with van der Waals surface area (Å²) in [6.45, 7) is 2.06. The first-order valence-corrected chi connectivity index (χ1v) is 8.93. The molecule has 0 radical (unpaired) electrons. The summed E-state index contributed by atoms with van der Waals surface area (Å²) < 4.78 is 9.54. The lowest BCUT2D eigenvalue weighted by Crippen LogP contribution is -2.12. The van der Waals surface area contributed by atoms with Crippen LogP contribution in [0.1, 0.15) is 28.6 Å². The second kappa shape index (κ2) is 6.09. The van der Waals surface area contributed by atoms with Crippen molar-refractivity contribution in [1.29, 1.82) is 0 Å². The summed E-state index contributed by atoms with van der Waals surface area (Å²) >= 11 is 0. The molecule has 0 bridgehead atoms. The van der Waals surface area contributed by atoms with Gasteiger partial charge in [0, 0.05) is 12.0 Å². The van der Waals surface area contributed by atoms with Crippen LogP contribution in [0.4, 0.5) is 0 Å². The quantitative estimate of drug-likeness (QED) is 0.563. The van der Waals surface area contributed by atoms with Crippen molar-refractivity contribution in [1.82, 2.24) is 24.5 Å². The number of hydrogen-bond acceptors (Lipinski definition) is 4. The van der Waals surface area contributed by atoms with E-state index in [9.17, 15) is 0 Å². The number of fused-ring (bicyclic) bond motifs is 5. The molecular formula is C21H19N5O. The molecule has 0 amide bonds. The molecule has 1 atom stereocenters. The third kappa shape index (κ3) is 2.44. The van der Waals surface area contributed by atoms with E-state index in [2.05, 4.69) is 57.1 Å². The number of aryl methyl sites for hydroxylation is 1. The molecule has 1 aliphatic rings. The van der Waals surface area contributed by atoms with E-state index in [1.54, 1.807) is 7.11 Å². The molecule has 2 aromatic carbocycles. The minimum absolute atomic E-state index is 0.100. The zero-order chi connectivity index (χ0) is 18.4. The topological polar surface area (TPSA) is 57.8 Å². The molecule has 1 unspecified atom stereocenters. The van der Waals surface area contributed by atoms with Gasteiger partial charge in [-0.1, -0.05) is 35.5 Å². The lowest BCUT2D eigenvalue weighted by Gasteiger charge is -2.17. The zero-order valence-corrected chi connectivity index (χ0v) is 15.2. The van der Waals surface area contributed by atoms with Crippen molar-refractivity contribution in [3.05, 3.63) is 83.7 Å². The third-order valence-corrected chi connectivity index (χ3v) is 5.21. The fourth-order valence-electron chi connectivity index (χ4n) is 3.92. The average Bonchev–Trinajstić information content (AvgIpc) is 3.31. The van der Waals surface area contributed by atoms with Crippen molar-refractivity contribution in [2.75, 3.05) is 7.11 Å². The van der Waals surface area contributed by atoms with Gasteiger partial charge in [-0.3, -0.25) is 0 Å². The summed E-state index contributed by atoms with van der Waals surface area (Å²) in [6.07, 6.45) is 4.61. The van der Waals surface area contributed by atoms with E-state index < -0.39 is 0 Å². The van der Waals surface area contributed by atoms with Gasteiger partial charge in [0.15, 0.2) is 0 Å². The number of benzene rings is 2. The first kappa shape index (κ1) is 15.8. The molecule has 0 aliphatic carbocycles. The number of nitrogens with zero attached hydrogens (tertiary/aromatic N) is 5. The number of aromatic nitrogens is 5. The van der Waals surface area contributed by atoms with Gasteiger partial charge in [-0.15, -0.1) is 5.10 Å². The maximum absolute atomic E-state index is 5.44. The molecule has 0 N–H and O–H groups in total. The molecule has 134 valence electrons. The van der Waals surface area contributed by atoms with Crippen molar-refractivity contribution in [2.24, 2.45) is 0 Å². The predicted molar refractivity (Wildman–Crippen MR) is 102 cm³/mol. The van der Waals surface area contributed by atoms with E-state index >= 15 is 0 Å². The van der Waals surface area contributed by atoms with Crippen LogP contribution < -0.4 is 4.74 Å². The molecule has 6 nitrogen and oxygen atoms in total. The van der Waals surface area contributed by atoms with Crippen LogP contribution in [0.25, 0.3) is 11.4 Å². The summed E-state index contributed by atoms with van der Waals surface area (Å²) in [5, 5.41) is 8.62. The van der Waals surface area contributed by atoms with Crippen molar-refractivity contribution in [3.63, 3.8) is 0 Å². The molecule has 5 rings (SSSR count). The minimum atomic E-state index is 0.100. The highest BCUT2D eigenvalue weighted by Crippen LogP contribution is 2.38. The van der Waals surface area contributed by atoms with E-state index in [1.807, 2.05) is 35.4 Å². The Morgan fingerprint density at radius 1 is 1.07 bits per heavy atom. The summed E-state index contributed by atoms with van der Waals surface area (Å²) in [4.78, 5) is 4.61. The average molecular weight is 357 g/mol.